The molecule has 1 N–H and O–H groups in total. The van der Waals surface area contributed by atoms with Crippen molar-refractivity contribution in [2.75, 3.05) is 11.5 Å². The monoisotopic (exact) mass is 643 g/mol. The van der Waals surface area contributed by atoms with Gasteiger partial charge in [0.1, 0.15) is 0 Å². The van der Waals surface area contributed by atoms with Gasteiger partial charge in [0.2, 0.25) is 0 Å². The maximum absolute atomic E-state index is 11.2. The van der Waals surface area contributed by atoms with Crippen molar-refractivity contribution in [3.05, 3.63) is 59.7 Å². The summed E-state index contributed by atoms with van der Waals surface area (Å²) in [6.45, 7) is 0. The standard InChI is InChI=1S/C20H22O4S4.2CH4.4K.2H/c21-19(22)15-9-3-5-11-17(15)27-25-13-7-1-2-8-14-26-28-18-12-6-4-10-16(18)20(23)24;;;;;;;;/h3-6,9-12H,1-2,7-8,13-14H2,(H,21,22)(H,23,24);2*1H4;;;;;;/q;;;4*+1;2*-1/p-1. The van der Waals surface area contributed by atoms with E-state index in [1.807, 2.05) is 18.2 Å². The molecule has 0 saturated carbocycles. The minimum Gasteiger partial charge on any atom is -1.00 e. The number of carboxylic acid groups (broad SMARTS) is 2. The van der Waals surface area contributed by atoms with Gasteiger partial charge in [0, 0.05) is 26.9 Å². The van der Waals surface area contributed by atoms with Crippen LogP contribution < -0.4 is 211 Å². The number of hydrogen-bond donors (Lipinski definition) is 1. The molecule has 34 heavy (non-hydrogen) atoms. The van der Waals surface area contributed by atoms with Gasteiger partial charge in [0.15, 0.2) is 0 Å². The molecule has 0 saturated heterocycles. The molecule has 0 aromatic heterocycles. The third kappa shape index (κ3) is 21.1. The molecule has 0 atom stereocenters. The molecular weight excluding hydrogens is 613 g/mol. The zero-order valence-corrected chi connectivity index (χ0v) is 34.9. The fourth-order valence-corrected chi connectivity index (χ4v) is 6.97. The zero-order chi connectivity index (χ0) is 20.2. The van der Waals surface area contributed by atoms with Crippen molar-refractivity contribution in [2.45, 2.75) is 50.3 Å². The van der Waals surface area contributed by atoms with E-state index in [-0.39, 0.29) is 229 Å². The number of carbonyl (C=O) groups is 2. The molecule has 4 nitrogen and oxygen atoms in total. The van der Waals surface area contributed by atoms with Crippen LogP contribution in [0.3, 0.4) is 0 Å². The van der Waals surface area contributed by atoms with Crippen molar-refractivity contribution in [1.29, 1.82) is 0 Å². The topological polar surface area (TPSA) is 77.4 Å². The van der Waals surface area contributed by atoms with Gasteiger partial charge in [-0.1, -0.05) is 101 Å². The van der Waals surface area contributed by atoms with E-state index in [0.29, 0.717) is 5.56 Å². The SMILES string of the molecule is C.C.O=C([O-])c1ccccc1SSCCCCCCSSc1ccccc1C(=O)O.[H-].[H-].[K+].[K+].[K+].[K+]. The molecule has 0 fully saturated rings. The normalized spacial score (nSPS) is 8.82. The average Bonchev–Trinajstić information content (AvgIpc) is 2.69. The van der Waals surface area contributed by atoms with Gasteiger partial charge in [-0.25, -0.2) is 4.79 Å². The van der Waals surface area contributed by atoms with Crippen molar-refractivity contribution >= 4 is 55.1 Å². The van der Waals surface area contributed by atoms with Crippen LogP contribution in [0, 0.1) is 0 Å². The Balaban J connectivity index is -0.000000210. The van der Waals surface area contributed by atoms with E-state index in [1.54, 1.807) is 51.9 Å². The van der Waals surface area contributed by atoms with Crippen molar-refractivity contribution in [3.8, 4) is 0 Å². The molecule has 0 unspecified atom stereocenters. The molecule has 0 radical (unpaired) electrons. The second-order valence-corrected chi connectivity index (χ2v) is 10.7. The van der Waals surface area contributed by atoms with E-state index in [2.05, 4.69) is 0 Å². The molecule has 2 rings (SSSR count). The summed E-state index contributed by atoms with van der Waals surface area (Å²) in [5.41, 5.74) is 0.605. The second-order valence-electron chi connectivity index (χ2n) is 5.81. The van der Waals surface area contributed by atoms with E-state index in [1.165, 1.54) is 21.6 Å². The first-order chi connectivity index (χ1) is 13.6. The second kappa shape index (κ2) is 31.3. The van der Waals surface area contributed by atoms with Gasteiger partial charge in [-0.2, -0.15) is 0 Å². The van der Waals surface area contributed by atoms with E-state index < -0.39 is 11.9 Å². The predicted molar refractivity (Wildman–Crippen MR) is 135 cm³/mol. The van der Waals surface area contributed by atoms with Gasteiger partial charge in [-0.05, 0) is 31.0 Å². The fraction of sp³-hybridized carbons (Fsp3) is 0.364. The summed E-state index contributed by atoms with van der Waals surface area (Å²) < 4.78 is 0. The number of rotatable bonds is 13. The molecule has 0 bridgehead atoms. The number of aromatic carboxylic acids is 2. The summed E-state index contributed by atoms with van der Waals surface area (Å²) in [4.78, 5) is 23.8. The first-order valence-electron chi connectivity index (χ1n) is 8.81. The molecule has 0 aliphatic heterocycles. The molecule has 0 aliphatic carbocycles. The van der Waals surface area contributed by atoms with E-state index >= 15 is 0 Å². The molecule has 2 aromatic rings. The van der Waals surface area contributed by atoms with E-state index in [0.717, 1.165) is 47.0 Å². The van der Waals surface area contributed by atoms with Gasteiger partial charge in [-0.3, -0.25) is 0 Å². The summed E-state index contributed by atoms with van der Waals surface area (Å²) in [5, 5.41) is 20.2. The molecule has 2 aromatic carbocycles. The average molecular weight is 644 g/mol. The Kier molecular flexibility index (Phi) is 45.1. The largest absolute Gasteiger partial charge is 1.00 e. The van der Waals surface area contributed by atoms with Crippen LogP contribution in [0.4, 0.5) is 0 Å². The van der Waals surface area contributed by atoms with Crippen molar-refractivity contribution in [2.24, 2.45) is 0 Å². The summed E-state index contributed by atoms with van der Waals surface area (Å²) in [7, 11) is 6.37. The first kappa shape index (κ1) is 49.0. The number of carboxylic acids is 2. The maximum Gasteiger partial charge on any atom is 1.00 e. The Morgan fingerprint density at radius 3 is 1.50 bits per heavy atom. The summed E-state index contributed by atoms with van der Waals surface area (Å²) in [5.74, 6) is -0.0641. The summed E-state index contributed by atoms with van der Waals surface area (Å²) >= 11 is 0. The number of benzene rings is 2. The van der Waals surface area contributed by atoms with Crippen LogP contribution in [-0.4, -0.2) is 28.6 Å². The van der Waals surface area contributed by atoms with E-state index in [9.17, 15) is 14.7 Å². The minimum atomic E-state index is -1.13. The molecule has 0 aliphatic rings. The van der Waals surface area contributed by atoms with Crippen LogP contribution in [-0.2, 0) is 0 Å². The molecule has 0 heterocycles. The third-order valence-electron chi connectivity index (χ3n) is 3.73. The van der Waals surface area contributed by atoms with Gasteiger partial charge in [0.05, 0.1) is 11.5 Å². The van der Waals surface area contributed by atoms with Crippen LogP contribution in [0.15, 0.2) is 58.3 Å². The van der Waals surface area contributed by atoms with Crippen molar-refractivity contribution in [3.63, 3.8) is 0 Å². The Bertz CT molecular complexity index is 747. The van der Waals surface area contributed by atoms with Crippen LogP contribution in [0.5, 0.6) is 0 Å². The van der Waals surface area contributed by atoms with E-state index in [4.69, 9.17) is 5.11 Å². The molecule has 170 valence electrons. The van der Waals surface area contributed by atoms with Crippen LogP contribution in [0.1, 0.15) is 64.1 Å². The summed E-state index contributed by atoms with van der Waals surface area (Å²) in [6.07, 6.45) is 4.45. The smallest absolute Gasteiger partial charge is 1.00 e. The molecule has 12 heteroatoms. The van der Waals surface area contributed by atoms with Crippen LogP contribution in [0.25, 0.3) is 0 Å². The van der Waals surface area contributed by atoms with Gasteiger partial charge >= 0.3 is 212 Å². The summed E-state index contributed by atoms with van der Waals surface area (Å²) in [6, 6.07) is 14.0. The van der Waals surface area contributed by atoms with Gasteiger partial charge in [0.25, 0.3) is 0 Å². The predicted octanol–water partition coefficient (Wildman–Crippen LogP) is -5.00. The Morgan fingerprint density at radius 2 is 1.09 bits per heavy atom. The van der Waals surface area contributed by atoms with Crippen LogP contribution in [0.2, 0.25) is 0 Å². The van der Waals surface area contributed by atoms with Crippen molar-refractivity contribution in [1.82, 2.24) is 0 Å². The minimum absolute atomic E-state index is 0. The van der Waals surface area contributed by atoms with Gasteiger partial charge < -0.3 is 17.9 Å². The number of unbranched alkanes of at least 4 members (excludes halogenated alkanes) is 3. The fourth-order valence-electron chi connectivity index (χ4n) is 2.31. The Labute approximate surface area is 394 Å². The third-order valence-corrected chi connectivity index (χ3v) is 8.73. The number of carbonyl (C=O) groups excluding carboxylic acids is 1. The molecule has 0 amide bonds. The maximum atomic E-state index is 11.2. The molecule has 0 spiro atoms. The zero-order valence-electron chi connectivity index (χ0n) is 21.2. The van der Waals surface area contributed by atoms with Crippen LogP contribution >= 0.6 is 43.2 Å². The quantitative estimate of drug-likeness (QED) is 0.132. The Morgan fingerprint density at radius 1 is 0.706 bits per heavy atom. The van der Waals surface area contributed by atoms with Gasteiger partial charge in [-0.15, -0.1) is 0 Å². The molecular formula is C22H31K4O4S4+. The number of hydrogen-bond acceptors (Lipinski definition) is 7. The first-order valence-corrected chi connectivity index (χ1v) is 13.4. The Hall–Kier alpha value is 5.33. The van der Waals surface area contributed by atoms with Crippen molar-refractivity contribution < 1.29 is 228 Å².